The molecule has 2 aliphatic heterocycles. The second-order valence-corrected chi connectivity index (χ2v) is 14.9. The highest BCUT2D eigenvalue weighted by Gasteiger charge is 2.70. The molecule has 0 bridgehead atoms. The van der Waals surface area contributed by atoms with Crippen LogP contribution < -0.4 is 15.4 Å². The van der Waals surface area contributed by atoms with Gasteiger partial charge in [-0.15, -0.1) is 11.3 Å². The molecule has 0 aromatic carbocycles. The number of ether oxygens (including phenoxy) is 1. The molecule has 252 valence electrons. The van der Waals surface area contributed by atoms with Crippen molar-refractivity contribution in [3.05, 3.63) is 54.1 Å². The molecule has 5 heterocycles. The van der Waals surface area contributed by atoms with Crippen LogP contribution in [0.15, 0.2) is 54.1 Å². The molecule has 3 aromatic rings. The van der Waals surface area contributed by atoms with Crippen molar-refractivity contribution in [1.82, 2.24) is 25.5 Å². The number of carbonyl (C=O) groups excluding carboxylic acids is 3. The quantitative estimate of drug-likeness (QED) is 0.302. The Morgan fingerprint density at radius 1 is 1.15 bits per heavy atom. The Hall–Kier alpha value is -4.32. The summed E-state index contributed by atoms with van der Waals surface area (Å²) in [7, 11) is 0. The van der Waals surface area contributed by atoms with Crippen LogP contribution in [0.2, 0.25) is 0 Å². The summed E-state index contributed by atoms with van der Waals surface area (Å²) in [6.07, 6.45) is 11.6. The van der Waals surface area contributed by atoms with Gasteiger partial charge in [0.1, 0.15) is 29.5 Å². The van der Waals surface area contributed by atoms with Crippen LogP contribution in [0, 0.1) is 11.3 Å². The third kappa shape index (κ3) is 6.42. The summed E-state index contributed by atoms with van der Waals surface area (Å²) in [5.41, 5.74) is -0.114. The maximum atomic E-state index is 14.4. The van der Waals surface area contributed by atoms with Gasteiger partial charge in [-0.25, -0.2) is 9.78 Å². The number of amides is 3. The Kier molecular flexibility index (Phi) is 8.69. The van der Waals surface area contributed by atoms with Crippen LogP contribution in [-0.2, 0) is 19.2 Å². The summed E-state index contributed by atoms with van der Waals surface area (Å²) < 4.78 is 7.45. The Labute approximate surface area is 283 Å². The van der Waals surface area contributed by atoms with E-state index in [0.717, 1.165) is 48.7 Å². The predicted octanol–water partition coefficient (Wildman–Crippen LogP) is 4.86. The number of rotatable bonds is 7. The van der Waals surface area contributed by atoms with E-state index in [0.29, 0.717) is 35.9 Å². The van der Waals surface area contributed by atoms with E-state index in [1.165, 1.54) is 16.2 Å². The molecule has 3 fully saturated rings. The number of carboxylic acids is 1. The summed E-state index contributed by atoms with van der Waals surface area (Å²) in [4.78, 5) is 64.8. The van der Waals surface area contributed by atoms with E-state index in [9.17, 15) is 24.3 Å². The van der Waals surface area contributed by atoms with E-state index in [2.05, 4.69) is 15.6 Å². The van der Waals surface area contributed by atoms with Gasteiger partial charge >= 0.3 is 5.97 Å². The first-order chi connectivity index (χ1) is 23.2. The standard InChI is InChI=1S/C36H41N5O6S/c1-35-14-7-4-2-3-5-10-26(39-30(42)17-22-11-12-22)33(44)41-20-23(18-28(41)32(43)40-36(35,21-35)34(45)46)47-29-19-27(24-9-6-8-15-37-24)38-25-13-16-48-31(25)29/h6-9,13-16,19,22-23,26,28H,2-5,10-12,17-18,20-21H2,1H3,(H,39,42)(H,40,43)(H,45,46)/b14-7-/t23-,26+,28+,35?,36+/m1/s1. The SMILES string of the molecule is CC12/C=C\CCCCC[C@H](NC(=O)CC3CC3)C(=O)N3C[C@H](Oc4cc(-c5ccccn5)nc5ccsc45)C[C@H]3C(=O)N[C@]1(C(=O)O)C2. The predicted molar refractivity (Wildman–Crippen MR) is 180 cm³/mol. The van der Waals surface area contributed by atoms with E-state index in [1.54, 1.807) is 6.20 Å². The third-order valence-electron chi connectivity index (χ3n) is 10.3. The van der Waals surface area contributed by atoms with Crippen molar-refractivity contribution in [1.29, 1.82) is 0 Å². The molecule has 1 saturated heterocycles. The molecule has 3 amide bonds. The van der Waals surface area contributed by atoms with Gasteiger partial charge < -0.3 is 25.4 Å². The zero-order chi connectivity index (χ0) is 33.5. The van der Waals surface area contributed by atoms with Gasteiger partial charge in [0.2, 0.25) is 17.7 Å². The number of allylic oxidation sites excluding steroid dienone is 1. The third-order valence-corrected chi connectivity index (χ3v) is 11.2. The van der Waals surface area contributed by atoms with Crippen molar-refractivity contribution in [3.8, 4) is 17.1 Å². The van der Waals surface area contributed by atoms with Crippen molar-refractivity contribution in [2.45, 2.75) is 94.9 Å². The van der Waals surface area contributed by atoms with Crippen LogP contribution >= 0.6 is 11.3 Å². The maximum Gasteiger partial charge on any atom is 0.330 e. The average molecular weight is 672 g/mol. The lowest BCUT2D eigenvalue weighted by Gasteiger charge is -2.30. The number of thiophene rings is 1. The number of nitrogens with zero attached hydrogens (tertiary/aromatic N) is 3. The molecule has 3 N–H and O–H groups in total. The molecular formula is C36H41N5O6S. The van der Waals surface area contributed by atoms with Gasteiger partial charge in [0.25, 0.3) is 0 Å². The van der Waals surface area contributed by atoms with Gasteiger partial charge in [-0.2, -0.15) is 0 Å². The topological polar surface area (TPSA) is 151 Å². The number of aromatic nitrogens is 2. The number of carbonyl (C=O) groups is 4. The number of nitrogens with one attached hydrogen (secondary N) is 2. The zero-order valence-electron chi connectivity index (χ0n) is 27.0. The number of aliphatic carboxylic acids is 1. The molecule has 0 spiro atoms. The van der Waals surface area contributed by atoms with Crippen molar-refractivity contribution < 1.29 is 29.0 Å². The fraction of sp³-hybridized carbons (Fsp3) is 0.500. The van der Waals surface area contributed by atoms with E-state index < -0.39 is 41.0 Å². The molecule has 4 aliphatic rings. The molecule has 11 nitrogen and oxygen atoms in total. The molecule has 7 rings (SSSR count). The number of fused-ring (bicyclic) bond motifs is 3. The Morgan fingerprint density at radius 3 is 2.77 bits per heavy atom. The van der Waals surface area contributed by atoms with E-state index in [4.69, 9.17) is 9.72 Å². The summed E-state index contributed by atoms with van der Waals surface area (Å²) >= 11 is 1.49. The smallest absolute Gasteiger partial charge is 0.330 e. The van der Waals surface area contributed by atoms with E-state index >= 15 is 0 Å². The van der Waals surface area contributed by atoms with Crippen molar-refractivity contribution in [3.63, 3.8) is 0 Å². The highest BCUT2D eigenvalue weighted by molar-refractivity contribution is 7.17. The first-order valence-electron chi connectivity index (χ1n) is 16.9. The fourth-order valence-electron chi connectivity index (χ4n) is 7.20. The van der Waals surface area contributed by atoms with Gasteiger partial charge in [0, 0.05) is 30.5 Å². The van der Waals surface area contributed by atoms with Crippen LogP contribution in [0.5, 0.6) is 5.75 Å². The molecule has 12 heteroatoms. The molecule has 2 aliphatic carbocycles. The van der Waals surface area contributed by atoms with Gasteiger partial charge in [0.05, 0.1) is 28.1 Å². The molecule has 1 unspecified atom stereocenters. The van der Waals surface area contributed by atoms with Gasteiger partial charge in [-0.1, -0.05) is 38.0 Å². The van der Waals surface area contributed by atoms with E-state index in [1.807, 2.05) is 54.8 Å². The largest absolute Gasteiger partial charge is 0.487 e. The first-order valence-corrected chi connectivity index (χ1v) is 17.8. The number of carboxylic acid groups (broad SMARTS) is 1. The molecule has 0 radical (unpaired) electrons. The Bertz CT molecular complexity index is 1760. The minimum Gasteiger partial charge on any atom is -0.487 e. The summed E-state index contributed by atoms with van der Waals surface area (Å²) in [6, 6.07) is 7.58. The van der Waals surface area contributed by atoms with Crippen LogP contribution in [0.25, 0.3) is 21.6 Å². The summed E-state index contributed by atoms with van der Waals surface area (Å²) in [6.45, 7) is 1.96. The lowest BCUT2D eigenvalue weighted by molar-refractivity contribution is -0.146. The Morgan fingerprint density at radius 2 is 2.00 bits per heavy atom. The van der Waals surface area contributed by atoms with Crippen LogP contribution in [0.4, 0.5) is 0 Å². The van der Waals surface area contributed by atoms with Crippen molar-refractivity contribution in [2.24, 2.45) is 11.3 Å². The van der Waals surface area contributed by atoms with Gasteiger partial charge in [-0.3, -0.25) is 19.4 Å². The maximum absolute atomic E-state index is 14.4. The summed E-state index contributed by atoms with van der Waals surface area (Å²) in [5, 5.41) is 18.1. The number of pyridine rings is 2. The zero-order valence-corrected chi connectivity index (χ0v) is 27.8. The number of hydrogen-bond acceptors (Lipinski definition) is 8. The van der Waals surface area contributed by atoms with Crippen LogP contribution in [0.1, 0.15) is 71.1 Å². The molecule has 3 aromatic heterocycles. The minimum absolute atomic E-state index is 0.108. The normalized spacial score (nSPS) is 29.9. The van der Waals surface area contributed by atoms with Crippen LogP contribution in [-0.4, -0.2) is 73.9 Å². The fourth-order valence-corrected chi connectivity index (χ4v) is 7.99. The molecule has 2 saturated carbocycles. The first kappa shape index (κ1) is 32.2. The molecular weight excluding hydrogens is 630 g/mol. The Balaban J connectivity index is 1.20. The highest BCUT2D eigenvalue weighted by Crippen LogP contribution is 2.57. The lowest BCUT2D eigenvalue weighted by atomic mass is 9.99. The van der Waals surface area contributed by atoms with E-state index in [-0.39, 0.29) is 31.2 Å². The number of hydrogen-bond donors (Lipinski definition) is 3. The monoisotopic (exact) mass is 671 g/mol. The summed E-state index contributed by atoms with van der Waals surface area (Å²) in [5.74, 6) is -1.18. The lowest BCUT2D eigenvalue weighted by Crippen LogP contribution is -2.57. The van der Waals surface area contributed by atoms with Gasteiger partial charge in [-0.05, 0) is 68.0 Å². The van der Waals surface area contributed by atoms with Crippen molar-refractivity contribution >= 4 is 45.2 Å². The van der Waals surface area contributed by atoms with Crippen LogP contribution in [0.3, 0.4) is 0 Å². The van der Waals surface area contributed by atoms with Crippen molar-refractivity contribution in [2.75, 3.05) is 6.54 Å². The minimum atomic E-state index is -1.46. The average Bonchev–Trinajstić information content (AvgIpc) is 3.84. The second kappa shape index (κ2) is 12.9. The molecule has 5 atom stereocenters. The second-order valence-electron chi connectivity index (χ2n) is 13.9. The molecule has 48 heavy (non-hydrogen) atoms. The van der Waals surface area contributed by atoms with Gasteiger partial charge in [0.15, 0.2) is 0 Å². The highest BCUT2D eigenvalue weighted by atomic mass is 32.1.